The minimum absolute atomic E-state index is 0.101. The van der Waals surface area contributed by atoms with Crippen molar-refractivity contribution in [3.05, 3.63) is 57.7 Å². The van der Waals surface area contributed by atoms with E-state index in [2.05, 4.69) is 31.4 Å². The van der Waals surface area contributed by atoms with Gasteiger partial charge >= 0.3 is 0 Å². The summed E-state index contributed by atoms with van der Waals surface area (Å²) in [6.45, 7) is 0. The fourth-order valence-corrected chi connectivity index (χ4v) is 3.43. The normalized spacial score (nSPS) is 12.5. The highest BCUT2D eigenvalue weighted by Gasteiger charge is 2.20. The molecule has 1 unspecified atom stereocenters. The minimum Gasteiger partial charge on any atom is -0.418 e. The van der Waals surface area contributed by atoms with E-state index in [9.17, 15) is 0 Å². The van der Waals surface area contributed by atoms with E-state index in [0.717, 1.165) is 14.9 Å². The van der Waals surface area contributed by atoms with Crippen LogP contribution in [-0.2, 0) is 0 Å². The van der Waals surface area contributed by atoms with Crippen molar-refractivity contribution in [2.75, 3.05) is 7.05 Å². The highest BCUT2D eigenvalue weighted by Crippen LogP contribution is 2.33. The maximum Gasteiger partial charge on any atom is 0.258 e. The fourth-order valence-electron chi connectivity index (χ4n) is 1.97. The average Bonchev–Trinajstić information content (AvgIpc) is 3.10. The van der Waals surface area contributed by atoms with E-state index in [1.165, 1.54) is 0 Å². The number of thiophene rings is 1. The third-order valence-electron chi connectivity index (χ3n) is 2.92. The largest absolute Gasteiger partial charge is 0.418 e. The molecular formula is C14H12BrN3OS. The zero-order valence-corrected chi connectivity index (χ0v) is 13.1. The topological polar surface area (TPSA) is 51.0 Å². The van der Waals surface area contributed by atoms with E-state index < -0.39 is 0 Å². The van der Waals surface area contributed by atoms with Crippen molar-refractivity contribution in [1.82, 2.24) is 15.5 Å². The van der Waals surface area contributed by atoms with Crippen molar-refractivity contribution < 1.29 is 4.42 Å². The Morgan fingerprint density at radius 2 is 2.00 bits per heavy atom. The first kappa shape index (κ1) is 13.5. The molecule has 4 nitrogen and oxygen atoms in total. The maximum absolute atomic E-state index is 5.81. The molecule has 3 aromatic rings. The lowest BCUT2D eigenvalue weighted by Gasteiger charge is -2.11. The second-order valence-corrected chi connectivity index (χ2v) is 5.95. The van der Waals surface area contributed by atoms with Gasteiger partial charge in [0.2, 0.25) is 5.89 Å². The molecule has 20 heavy (non-hydrogen) atoms. The molecule has 6 heteroatoms. The minimum atomic E-state index is -0.101. The van der Waals surface area contributed by atoms with Crippen LogP contribution in [0.5, 0.6) is 0 Å². The highest BCUT2D eigenvalue weighted by atomic mass is 79.9. The van der Waals surface area contributed by atoms with Gasteiger partial charge in [-0.05, 0) is 40.0 Å². The Hall–Kier alpha value is -1.50. The van der Waals surface area contributed by atoms with E-state index in [1.54, 1.807) is 11.3 Å². The molecule has 0 bridgehead atoms. The molecule has 0 fully saturated rings. The lowest BCUT2D eigenvalue weighted by molar-refractivity contribution is 0.456. The first-order valence-corrected chi connectivity index (χ1v) is 7.76. The molecule has 1 N–H and O–H groups in total. The number of aromatic nitrogens is 2. The van der Waals surface area contributed by atoms with Crippen molar-refractivity contribution in [2.45, 2.75) is 6.04 Å². The van der Waals surface area contributed by atoms with Crippen LogP contribution in [0.1, 0.15) is 17.5 Å². The van der Waals surface area contributed by atoms with Crippen molar-refractivity contribution in [1.29, 1.82) is 0 Å². The maximum atomic E-state index is 5.81. The first-order valence-electron chi connectivity index (χ1n) is 6.08. The van der Waals surface area contributed by atoms with Crippen LogP contribution in [0, 0.1) is 0 Å². The molecule has 1 atom stereocenters. The fraction of sp³-hybridized carbons (Fsp3) is 0.143. The van der Waals surface area contributed by atoms with Gasteiger partial charge in [-0.3, -0.25) is 0 Å². The molecule has 3 rings (SSSR count). The first-order chi connectivity index (χ1) is 9.79. The lowest BCUT2D eigenvalue weighted by atomic mass is 10.1. The average molecular weight is 350 g/mol. The molecule has 0 radical (unpaired) electrons. The standard InChI is InChI=1S/C14H12BrN3OS/c1-16-11(9-5-3-2-4-6-9)13-17-18-14(19-13)12-10(15)7-8-20-12/h2-8,11,16H,1H3. The summed E-state index contributed by atoms with van der Waals surface area (Å²) in [6.07, 6.45) is 0. The van der Waals surface area contributed by atoms with E-state index in [4.69, 9.17) is 4.42 Å². The van der Waals surface area contributed by atoms with Gasteiger partial charge in [0.05, 0.1) is 0 Å². The van der Waals surface area contributed by atoms with Gasteiger partial charge in [-0.1, -0.05) is 30.3 Å². The Kier molecular flexibility index (Phi) is 3.95. The van der Waals surface area contributed by atoms with Crippen LogP contribution >= 0.6 is 27.3 Å². The van der Waals surface area contributed by atoms with Gasteiger partial charge < -0.3 is 9.73 Å². The molecule has 0 spiro atoms. The van der Waals surface area contributed by atoms with Gasteiger partial charge in [0.15, 0.2) is 0 Å². The molecular weight excluding hydrogens is 338 g/mol. The Morgan fingerprint density at radius 3 is 2.65 bits per heavy atom. The molecule has 102 valence electrons. The van der Waals surface area contributed by atoms with Gasteiger partial charge in [-0.15, -0.1) is 21.5 Å². The predicted molar refractivity (Wildman–Crippen MR) is 82.7 cm³/mol. The second-order valence-electron chi connectivity index (χ2n) is 4.18. The number of benzene rings is 1. The lowest BCUT2D eigenvalue weighted by Crippen LogP contribution is -2.17. The van der Waals surface area contributed by atoms with Gasteiger partial charge in [0, 0.05) is 4.47 Å². The highest BCUT2D eigenvalue weighted by molar-refractivity contribution is 9.10. The molecule has 1 aromatic carbocycles. The third kappa shape index (κ3) is 2.54. The Balaban J connectivity index is 1.95. The van der Waals surface area contributed by atoms with Crippen LogP contribution in [0.2, 0.25) is 0 Å². The number of nitrogens with zero attached hydrogens (tertiary/aromatic N) is 2. The van der Waals surface area contributed by atoms with Crippen LogP contribution < -0.4 is 5.32 Å². The Bertz CT molecular complexity index is 695. The van der Waals surface area contributed by atoms with Crippen LogP contribution in [0.15, 0.2) is 50.7 Å². The van der Waals surface area contributed by atoms with E-state index in [-0.39, 0.29) is 6.04 Å². The second kappa shape index (κ2) is 5.87. The molecule has 0 saturated carbocycles. The monoisotopic (exact) mass is 349 g/mol. The summed E-state index contributed by atoms with van der Waals surface area (Å²) in [4.78, 5) is 0.951. The van der Waals surface area contributed by atoms with E-state index in [0.29, 0.717) is 11.8 Å². The number of hydrogen-bond donors (Lipinski definition) is 1. The van der Waals surface area contributed by atoms with Crippen molar-refractivity contribution in [3.63, 3.8) is 0 Å². The third-order valence-corrected chi connectivity index (χ3v) is 4.75. The molecule has 2 heterocycles. The molecule has 0 aliphatic rings. The SMILES string of the molecule is CNC(c1ccccc1)c1nnc(-c2sccc2Br)o1. The molecule has 2 aromatic heterocycles. The molecule has 0 saturated heterocycles. The van der Waals surface area contributed by atoms with Crippen molar-refractivity contribution in [2.24, 2.45) is 0 Å². The van der Waals surface area contributed by atoms with E-state index >= 15 is 0 Å². The summed E-state index contributed by atoms with van der Waals surface area (Å²) in [5.41, 5.74) is 1.09. The zero-order chi connectivity index (χ0) is 13.9. The van der Waals surface area contributed by atoms with Crippen LogP contribution in [0.3, 0.4) is 0 Å². The van der Waals surface area contributed by atoms with Gasteiger partial charge in [0.1, 0.15) is 10.9 Å². The van der Waals surface area contributed by atoms with Gasteiger partial charge in [0.25, 0.3) is 5.89 Å². The summed E-state index contributed by atoms with van der Waals surface area (Å²) in [5, 5.41) is 13.5. The van der Waals surface area contributed by atoms with Gasteiger partial charge in [-0.2, -0.15) is 0 Å². The van der Waals surface area contributed by atoms with Crippen molar-refractivity contribution in [3.8, 4) is 10.8 Å². The van der Waals surface area contributed by atoms with Gasteiger partial charge in [-0.25, -0.2) is 0 Å². The van der Waals surface area contributed by atoms with Crippen LogP contribution in [0.25, 0.3) is 10.8 Å². The van der Waals surface area contributed by atoms with Crippen molar-refractivity contribution >= 4 is 27.3 Å². The Morgan fingerprint density at radius 1 is 1.20 bits per heavy atom. The predicted octanol–water partition coefficient (Wildman–Crippen LogP) is 3.87. The molecule has 0 aliphatic heterocycles. The number of halogens is 1. The molecule has 0 aliphatic carbocycles. The molecule has 0 amide bonds. The summed E-state index contributed by atoms with van der Waals surface area (Å²) in [7, 11) is 1.88. The quantitative estimate of drug-likeness (QED) is 0.776. The Labute approximate surface area is 129 Å². The summed E-state index contributed by atoms with van der Waals surface area (Å²) >= 11 is 5.05. The number of nitrogens with one attached hydrogen (secondary N) is 1. The van der Waals surface area contributed by atoms with E-state index in [1.807, 2.05) is 48.8 Å². The summed E-state index contributed by atoms with van der Waals surface area (Å²) in [5.74, 6) is 1.10. The number of hydrogen-bond acceptors (Lipinski definition) is 5. The smallest absolute Gasteiger partial charge is 0.258 e. The van der Waals surface area contributed by atoms with Crippen LogP contribution in [-0.4, -0.2) is 17.2 Å². The zero-order valence-electron chi connectivity index (χ0n) is 10.7. The summed E-state index contributed by atoms with van der Waals surface area (Å²) < 4.78 is 6.78. The summed E-state index contributed by atoms with van der Waals surface area (Å²) in [6, 6.07) is 11.9. The number of rotatable bonds is 4. The van der Waals surface area contributed by atoms with Crippen LogP contribution in [0.4, 0.5) is 0 Å².